The lowest BCUT2D eigenvalue weighted by molar-refractivity contribution is 0.210. The molecule has 1 heterocycles. The lowest BCUT2D eigenvalue weighted by atomic mass is 10.2. The first-order valence-corrected chi connectivity index (χ1v) is 5.65. The van der Waals surface area contributed by atoms with E-state index in [1.165, 1.54) is 5.56 Å². The normalized spacial score (nSPS) is 10.5. The molecule has 0 amide bonds. The average molecular weight is 231 g/mol. The summed E-state index contributed by atoms with van der Waals surface area (Å²) in [6, 6.07) is 8.24. The number of para-hydroxylation sites is 1. The minimum Gasteiger partial charge on any atom is -0.383 e. The van der Waals surface area contributed by atoms with E-state index in [4.69, 9.17) is 4.74 Å². The van der Waals surface area contributed by atoms with Gasteiger partial charge in [0.2, 0.25) is 5.95 Å². The number of imidazole rings is 1. The highest BCUT2D eigenvalue weighted by atomic mass is 16.5. The molecule has 4 nitrogen and oxygen atoms in total. The Bertz CT molecular complexity index is 479. The van der Waals surface area contributed by atoms with Crippen molar-refractivity contribution in [2.24, 2.45) is 0 Å². The minimum atomic E-state index is 0.667. The highest BCUT2D eigenvalue weighted by Gasteiger charge is 2.05. The lowest BCUT2D eigenvalue weighted by Gasteiger charge is -2.11. The second kappa shape index (κ2) is 5.50. The van der Waals surface area contributed by atoms with E-state index in [1.807, 2.05) is 22.9 Å². The number of benzene rings is 1. The second-order valence-electron chi connectivity index (χ2n) is 3.83. The van der Waals surface area contributed by atoms with Gasteiger partial charge in [0.25, 0.3) is 0 Å². The van der Waals surface area contributed by atoms with Crippen molar-refractivity contribution in [3.63, 3.8) is 0 Å². The third kappa shape index (κ3) is 2.65. The van der Waals surface area contributed by atoms with Crippen molar-refractivity contribution in [1.29, 1.82) is 0 Å². The first kappa shape index (κ1) is 11.7. The summed E-state index contributed by atoms with van der Waals surface area (Å²) < 4.78 is 7.06. The van der Waals surface area contributed by atoms with Crippen LogP contribution in [0.4, 0.5) is 5.95 Å². The van der Waals surface area contributed by atoms with Gasteiger partial charge in [-0.1, -0.05) is 18.2 Å². The highest BCUT2D eigenvalue weighted by Crippen LogP contribution is 2.17. The molecule has 17 heavy (non-hydrogen) atoms. The van der Waals surface area contributed by atoms with Crippen molar-refractivity contribution in [1.82, 2.24) is 9.55 Å². The zero-order chi connectivity index (χ0) is 12.1. The molecule has 0 aliphatic carbocycles. The van der Waals surface area contributed by atoms with Crippen LogP contribution in [0.25, 0.3) is 5.69 Å². The van der Waals surface area contributed by atoms with Crippen LogP contribution in [0.2, 0.25) is 0 Å². The van der Waals surface area contributed by atoms with Gasteiger partial charge in [0.1, 0.15) is 0 Å². The Balaban J connectivity index is 2.22. The maximum Gasteiger partial charge on any atom is 0.207 e. The SMILES string of the molecule is COCCNc1nccn1-c1ccccc1C. The Labute approximate surface area is 101 Å². The van der Waals surface area contributed by atoms with E-state index in [0.29, 0.717) is 6.61 Å². The number of nitrogens with one attached hydrogen (secondary N) is 1. The fraction of sp³-hybridized carbons (Fsp3) is 0.308. The number of methoxy groups -OCH3 is 1. The van der Waals surface area contributed by atoms with E-state index >= 15 is 0 Å². The first-order valence-electron chi connectivity index (χ1n) is 5.65. The van der Waals surface area contributed by atoms with Gasteiger partial charge in [-0.2, -0.15) is 0 Å². The first-order chi connectivity index (χ1) is 8.33. The number of nitrogens with zero attached hydrogens (tertiary/aromatic N) is 2. The number of rotatable bonds is 5. The summed E-state index contributed by atoms with van der Waals surface area (Å²) in [5.41, 5.74) is 2.37. The molecular weight excluding hydrogens is 214 g/mol. The molecule has 0 radical (unpaired) electrons. The molecule has 0 unspecified atom stereocenters. The Hall–Kier alpha value is -1.81. The van der Waals surface area contributed by atoms with Crippen LogP contribution in [-0.2, 0) is 4.74 Å². The van der Waals surface area contributed by atoms with Crippen molar-refractivity contribution in [2.45, 2.75) is 6.92 Å². The molecule has 1 N–H and O–H groups in total. The van der Waals surface area contributed by atoms with Gasteiger partial charge in [-0.15, -0.1) is 0 Å². The largest absolute Gasteiger partial charge is 0.383 e. The number of anilines is 1. The Morgan fingerprint density at radius 1 is 1.35 bits per heavy atom. The standard InChI is InChI=1S/C13H17N3O/c1-11-5-3-4-6-12(11)16-9-7-14-13(16)15-8-10-17-2/h3-7,9H,8,10H2,1-2H3,(H,14,15). The van der Waals surface area contributed by atoms with Gasteiger partial charge >= 0.3 is 0 Å². The van der Waals surface area contributed by atoms with E-state index in [1.54, 1.807) is 13.3 Å². The van der Waals surface area contributed by atoms with Crippen molar-refractivity contribution in [3.8, 4) is 5.69 Å². The maximum absolute atomic E-state index is 5.01. The molecule has 0 bridgehead atoms. The molecule has 0 saturated carbocycles. The molecule has 1 aromatic carbocycles. The minimum absolute atomic E-state index is 0.667. The molecule has 0 atom stereocenters. The second-order valence-corrected chi connectivity index (χ2v) is 3.83. The van der Waals surface area contributed by atoms with Gasteiger partial charge in [0.05, 0.1) is 12.3 Å². The number of aryl methyl sites for hydroxylation is 1. The summed E-state index contributed by atoms with van der Waals surface area (Å²) in [6.45, 7) is 3.51. The zero-order valence-corrected chi connectivity index (χ0v) is 10.2. The number of ether oxygens (including phenoxy) is 1. The van der Waals surface area contributed by atoms with Gasteiger partial charge in [0, 0.05) is 26.0 Å². The summed E-state index contributed by atoms with van der Waals surface area (Å²) in [6.07, 6.45) is 3.75. The Kier molecular flexibility index (Phi) is 3.77. The molecule has 0 fully saturated rings. The van der Waals surface area contributed by atoms with Gasteiger partial charge < -0.3 is 10.1 Å². The summed E-state index contributed by atoms with van der Waals surface area (Å²) in [5.74, 6) is 0.844. The lowest BCUT2D eigenvalue weighted by Crippen LogP contribution is -2.12. The van der Waals surface area contributed by atoms with Crippen LogP contribution in [-0.4, -0.2) is 29.8 Å². The molecule has 0 saturated heterocycles. The van der Waals surface area contributed by atoms with Gasteiger partial charge in [0.15, 0.2) is 0 Å². The highest BCUT2D eigenvalue weighted by molar-refractivity contribution is 5.46. The third-order valence-corrected chi connectivity index (χ3v) is 2.61. The molecule has 1 aromatic heterocycles. The van der Waals surface area contributed by atoms with Crippen LogP contribution >= 0.6 is 0 Å². The third-order valence-electron chi connectivity index (χ3n) is 2.61. The Morgan fingerprint density at radius 2 is 2.18 bits per heavy atom. The van der Waals surface area contributed by atoms with Gasteiger partial charge in [-0.25, -0.2) is 4.98 Å². The van der Waals surface area contributed by atoms with Crippen LogP contribution in [0.5, 0.6) is 0 Å². The van der Waals surface area contributed by atoms with Crippen LogP contribution in [0.3, 0.4) is 0 Å². The maximum atomic E-state index is 5.01. The topological polar surface area (TPSA) is 39.1 Å². The zero-order valence-electron chi connectivity index (χ0n) is 10.2. The molecule has 2 aromatic rings. The van der Waals surface area contributed by atoms with E-state index in [0.717, 1.165) is 18.2 Å². The van der Waals surface area contributed by atoms with E-state index < -0.39 is 0 Å². The molecule has 0 aliphatic rings. The molecule has 4 heteroatoms. The van der Waals surface area contributed by atoms with Crippen molar-refractivity contribution in [3.05, 3.63) is 42.2 Å². The molecular formula is C13H17N3O. The van der Waals surface area contributed by atoms with Crippen LogP contribution in [0.15, 0.2) is 36.7 Å². The smallest absolute Gasteiger partial charge is 0.207 e. The van der Waals surface area contributed by atoms with Gasteiger partial charge in [-0.3, -0.25) is 4.57 Å². The summed E-state index contributed by atoms with van der Waals surface area (Å²) in [5, 5.41) is 3.25. The summed E-state index contributed by atoms with van der Waals surface area (Å²) in [4.78, 5) is 4.30. The molecule has 0 spiro atoms. The average Bonchev–Trinajstić information content (AvgIpc) is 2.78. The van der Waals surface area contributed by atoms with Gasteiger partial charge in [-0.05, 0) is 18.6 Å². The van der Waals surface area contributed by atoms with E-state index in [9.17, 15) is 0 Å². The molecule has 90 valence electrons. The van der Waals surface area contributed by atoms with Crippen molar-refractivity contribution in [2.75, 3.05) is 25.6 Å². The van der Waals surface area contributed by atoms with Crippen LogP contribution < -0.4 is 5.32 Å². The Morgan fingerprint density at radius 3 is 2.94 bits per heavy atom. The fourth-order valence-electron chi connectivity index (χ4n) is 1.73. The predicted octanol–water partition coefficient (Wildman–Crippen LogP) is 2.24. The number of hydrogen-bond acceptors (Lipinski definition) is 3. The molecule has 2 rings (SSSR count). The predicted molar refractivity (Wildman–Crippen MR) is 68.7 cm³/mol. The monoisotopic (exact) mass is 231 g/mol. The number of aromatic nitrogens is 2. The quantitative estimate of drug-likeness (QED) is 0.802. The van der Waals surface area contributed by atoms with E-state index in [2.05, 4.69) is 29.4 Å². The summed E-state index contributed by atoms with van der Waals surface area (Å²) >= 11 is 0. The van der Waals surface area contributed by atoms with Crippen molar-refractivity contribution < 1.29 is 4.74 Å². The van der Waals surface area contributed by atoms with Crippen LogP contribution in [0, 0.1) is 6.92 Å². The van der Waals surface area contributed by atoms with Crippen molar-refractivity contribution >= 4 is 5.95 Å². The fourth-order valence-corrected chi connectivity index (χ4v) is 1.73. The number of hydrogen-bond donors (Lipinski definition) is 1. The van der Waals surface area contributed by atoms with Crippen LogP contribution in [0.1, 0.15) is 5.56 Å². The van der Waals surface area contributed by atoms with E-state index in [-0.39, 0.29) is 0 Å². The summed E-state index contributed by atoms with van der Waals surface area (Å²) in [7, 11) is 1.69. The molecule has 0 aliphatic heterocycles.